The highest BCUT2D eigenvalue weighted by Crippen LogP contribution is 2.25. The summed E-state index contributed by atoms with van der Waals surface area (Å²) < 4.78 is 0. The van der Waals surface area contributed by atoms with Gasteiger partial charge in [-0.05, 0) is 40.2 Å². The summed E-state index contributed by atoms with van der Waals surface area (Å²) in [5.74, 6) is 0.229. The van der Waals surface area contributed by atoms with Gasteiger partial charge in [0.15, 0.2) is 0 Å². The first kappa shape index (κ1) is 15.7. The van der Waals surface area contributed by atoms with Crippen LogP contribution in [0.5, 0.6) is 0 Å². The monoisotopic (exact) mass is 283 g/mol. The minimum atomic E-state index is -0.163. The van der Waals surface area contributed by atoms with E-state index in [0.717, 1.165) is 45.4 Å². The molecule has 2 aliphatic rings. The van der Waals surface area contributed by atoms with Crippen molar-refractivity contribution < 1.29 is 9.90 Å². The van der Waals surface area contributed by atoms with Gasteiger partial charge in [-0.25, -0.2) is 0 Å². The summed E-state index contributed by atoms with van der Waals surface area (Å²) >= 11 is 0. The summed E-state index contributed by atoms with van der Waals surface area (Å²) in [7, 11) is 1.99. The SMILES string of the molecule is CC(C)N(C)CC(=O)N1CCN([C@@H]2CCC[C@@H]2O)CC1. The molecule has 1 saturated heterocycles. The van der Waals surface area contributed by atoms with E-state index in [0.29, 0.717) is 18.6 Å². The van der Waals surface area contributed by atoms with Crippen molar-refractivity contribution in [2.75, 3.05) is 39.8 Å². The summed E-state index contributed by atoms with van der Waals surface area (Å²) in [5, 5.41) is 9.97. The summed E-state index contributed by atoms with van der Waals surface area (Å²) in [5.41, 5.74) is 0. The highest BCUT2D eigenvalue weighted by atomic mass is 16.3. The lowest BCUT2D eigenvalue weighted by Crippen LogP contribution is -2.55. The van der Waals surface area contributed by atoms with Gasteiger partial charge >= 0.3 is 0 Å². The summed E-state index contributed by atoms with van der Waals surface area (Å²) in [6, 6.07) is 0.722. The van der Waals surface area contributed by atoms with Gasteiger partial charge < -0.3 is 10.0 Å². The van der Waals surface area contributed by atoms with Crippen molar-refractivity contribution in [2.45, 2.75) is 51.3 Å². The van der Waals surface area contributed by atoms with Crippen LogP contribution in [-0.2, 0) is 4.79 Å². The third-order valence-corrected chi connectivity index (χ3v) is 4.85. The maximum Gasteiger partial charge on any atom is 0.236 e. The fourth-order valence-corrected chi connectivity index (χ4v) is 3.15. The van der Waals surface area contributed by atoms with E-state index in [-0.39, 0.29) is 12.0 Å². The van der Waals surface area contributed by atoms with Crippen LogP contribution in [0.15, 0.2) is 0 Å². The van der Waals surface area contributed by atoms with Crippen LogP contribution < -0.4 is 0 Å². The molecule has 0 radical (unpaired) electrons. The lowest BCUT2D eigenvalue weighted by Gasteiger charge is -2.39. The Balaban J connectivity index is 1.77. The average molecular weight is 283 g/mol. The molecule has 5 heteroatoms. The molecule has 1 aliphatic heterocycles. The fourth-order valence-electron chi connectivity index (χ4n) is 3.15. The molecular weight excluding hydrogens is 254 g/mol. The van der Waals surface area contributed by atoms with Crippen molar-refractivity contribution in [1.29, 1.82) is 0 Å². The second-order valence-corrected chi connectivity index (χ2v) is 6.49. The van der Waals surface area contributed by atoms with Crippen molar-refractivity contribution in [3.05, 3.63) is 0 Å². The second kappa shape index (κ2) is 6.87. The van der Waals surface area contributed by atoms with Gasteiger partial charge in [-0.3, -0.25) is 14.6 Å². The molecule has 1 saturated carbocycles. The van der Waals surface area contributed by atoms with Gasteiger partial charge in [0.05, 0.1) is 12.6 Å². The number of piperazine rings is 1. The minimum Gasteiger partial charge on any atom is -0.391 e. The quantitative estimate of drug-likeness (QED) is 0.810. The van der Waals surface area contributed by atoms with E-state index in [1.165, 1.54) is 0 Å². The molecule has 2 fully saturated rings. The molecule has 20 heavy (non-hydrogen) atoms. The Labute approximate surface area is 122 Å². The normalized spacial score (nSPS) is 28.6. The first-order chi connectivity index (χ1) is 9.49. The summed E-state index contributed by atoms with van der Waals surface area (Å²) in [6.45, 7) is 8.11. The van der Waals surface area contributed by atoms with E-state index in [4.69, 9.17) is 0 Å². The van der Waals surface area contributed by atoms with Gasteiger partial charge in [0.1, 0.15) is 0 Å². The van der Waals surface area contributed by atoms with E-state index in [1.807, 2.05) is 11.9 Å². The first-order valence-electron chi connectivity index (χ1n) is 7.89. The van der Waals surface area contributed by atoms with Crippen molar-refractivity contribution in [3.63, 3.8) is 0 Å². The Morgan fingerprint density at radius 3 is 2.40 bits per heavy atom. The molecule has 0 aromatic rings. The molecule has 0 bridgehead atoms. The zero-order valence-electron chi connectivity index (χ0n) is 13.1. The molecule has 0 aromatic heterocycles. The van der Waals surface area contributed by atoms with Crippen LogP contribution in [0.4, 0.5) is 0 Å². The van der Waals surface area contributed by atoms with E-state index in [9.17, 15) is 9.90 Å². The Morgan fingerprint density at radius 1 is 1.25 bits per heavy atom. The molecule has 1 heterocycles. The van der Waals surface area contributed by atoms with Gasteiger partial charge in [0.25, 0.3) is 0 Å². The number of likely N-dealkylation sites (N-methyl/N-ethyl adjacent to an activating group) is 1. The van der Waals surface area contributed by atoms with Gasteiger partial charge in [0.2, 0.25) is 5.91 Å². The first-order valence-corrected chi connectivity index (χ1v) is 7.89. The number of hydrogen-bond acceptors (Lipinski definition) is 4. The van der Waals surface area contributed by atoms with Gasteiger partial charge in [-0.15, -0.1) is 0 Å². The number of nitrogens with zero attached hydrogens (tertiary/aromatic N) is 3. The van der Waals surface area contributed by atoms with E-state index in [2.05, 4.69) is 23.6 Å². The molecule has 116 valence electrons. The molecule has 1 aliphatic carbocycles. The predicted octanol–water partition coefficient (Wildman–Crippen LogP) is 0.384. The van der Waals surface area contributed by atoms with E-state index < -0.39 is 0 Å². The topological polar surface area (TPSA) is 47.0 Å². The van der Waals surface area contributed by atoms with Gasteiger partial charge in [-0.1, -0.05) is 0 Å². The molecule has 0 spiro atoms. The number of aliphatic hydroxyl groups excluding tert-OH is 1. The molecule has 5 nitrogen and oxygen atoms in total. The third kappa shape index (κ3) is 3.71. The number of amides is 1. The Kier molecular flexibility index (Phi) is 5.41. The number of hydrogen-bond donors (Lipinski definition) is 1. The highest BCUT2D eigenvalue weighted by molar-refractivity contribution is 5.78. The smallest absolute Gasteiger partial charge is 0.236 e. The van der Waals surface area contributed by atoms with Crippen LogP contribution in [0.2, 0.25) is 0 Å². The minimum absolute atomic E-state index is 0.163. The van der Waals surface area contributed by atoms with Crippen LogP contribution >= 0.6 is 0 Å². The predicted molar refractivity (Wildman–Crippen MR) is 79.6 cm³/mol. The number of rotatable bonds is 4. The van der Waals surface area contributed by atoms with E-state index in [1.54, 1.807) is 0 Å². The highest BCUT2D eigenvalue weighted by Gasteiger charge is 2.33. The van der Waals surface area contributed by atoms with Crippen molar-refractivity contribution in [2.24, 2.45) is 0 Å². The van der Waals surface area contributed by atoms with Crippen LogP contribution in [0, 0.1) is 0 Å². The van der Waals surface area contributed by atoms with Gasteiger partial charge in [0, 0.05) is 38.3 Å². The van der Waals surface area contributed by atoms with Crippen LogP contribution in [0.3, 0.4) is 0 Å². The van der Waals surface area contributed by atoms with Crippen molar-refractivity contribution in [1.82, 2.24) is 14.7 Å². The van der Waals surface area contributed by atoms with Gasteiger partial charge in [-0.2, -0.15) is 0 Å². The number of carbonyl (C=O) groups is 1. The third-order valence-electron chi connectivity index (χ3n) is 4.85. The molecule has 0 aromatic carbocycles. The zero-order chi connectivity index (χ0) is 14.7. The largest absolute Gasteiger partial charge is 0.391 e. The summed E-state index contributed by atoms with van der Waals surface area (Å²) in [6.07, 6.45) is 3.00. The summed E-state index contributed by atoms with van der Waals surface area (Å²) in [4.78, 5) is 18.6. The molecule has 1 N–H and O–H groups in total. The molecule has 2 rings (SSSR count). The second-order valence-electron chi connectivity index (χ2n) is 6.49. The Hall–Kier alpha value is -0.650. The molecule has 0 unspecified atom stereocenters. The molecule has 1 amide bonds. The maximum absolute atomic E-state index is 12.2. The van der Waals surface area contributed by atoms with Crippen LogP contribution in [0.25, 0.3) is 0 Å². The zero-order valence-corrected chi connectivity index (χ0v) is 13.1. The van der Waals surface area contributed by atoms with Crippen molar-refractivity contribution >= 4 is 5.91 Å². The van der Waals surface area contributed by atoms with E-state index >= 15 is 0 Å². The Morgan fingerprint density at radius 2 is 1.90 bits per heavy atom. The lowest BCUT2D eigenvalue weighted by molar-refractivity contribution is -0.134. The number of carbonyl (C=O) groups excluding carboxylic acids is 1. The van der Waals surface area contributed by atoms with Crippen LogP contribution in [-0.4, -0.2) is 83.7 Å². The maximum atomic E-state index is 12.2. The fraction of sp³-hybridized carbons (Fsp3) is 0.933. The molecular formula is C15H29N3O2. The lowest BCUT2D eigenvalue weighted by atomic mass is 10.1. The Bertz CT molecular complexity index is 327. The number of aliphatic hydroxyl groups is 1. The standard InChI is InChI=1S/C15H29N3O2/c1-12(2)16(3)11-15(20)18-9-7-17(8-10-18)13-5-4-6-14(13)19/h12-14,19H,4-11H2,1-3H3/t13-,14+/m1/s1. The average Bonchev–Trinajstić information content (AvgIpc) is 2.85. The van der Waals surface area contributed by atoms with Crippen LogP contribution in [0.1, 0.15) is 33.1 Å². The van der Waals surface area contributed by atoms with Crippen molar-refractivity contribution in [3.8, 4) is 0 Å². The molecule has 2 atom stereocenters.